The van der Waals surface area contributed by atoms with Crippen LogP contribution in [-0.4, -0.2) is 68.6 Å². The van der Waals surface area contributed by atoms with Crippen LogP contribution < -0.4 is 4.90 Å². The minimum Gasteiger partial charge on any atom is -0.378 e. The lowest BCUT2D eigenvalue weighted by Gasteiger charge is -2.29. The number of hydrogen-bond donors (Lipinski definition) is 0. The summed E-state index contributed by atoms with van der Waals surface area (Å²) in [4.78, 5) is 30.7. The zero-order valence-corrected chi connectivity index (χ0v) is 17.6. The normalized spacial score (nSPS) is 14.1. The van der Waals surface area contributed by atoms with Crippen molar-refractivity contribution in [3.05, 3.63) is 64.7 Å². The molecule has 1 aliphatic rings. The number of morpholine rings is 1. The van der Waals surface area contributed by atoms with Crippen LogP contribution in [0.4, 0.5) is 5.69 Å². The van der Waals surface area contributed by atoms with Gasteiger partial charge in [0.15, 0.2) is 0 Å². The van der Waals surface area contributed by atoms with Gasteiger partial charge in [0.2, 0.25) is 5.91 Å². The van der Waals surface area contributed by atoms with Gasteiger partial charge in [-0.25, -0.2) is 0 Å². The molecule has 0 radical (unpaired) electrons. The van der Waals surface area contributed by atoms with Crippen LogP contribution in [0, 0.1) is 0 Å². The molecule has 0 spiro atoms. The van der Waals surface area contributed by atoms with Crippen molar-refractivity contribution in [3.63, 3.8) is 0 Å². The van der Waals surface area contributed by atoms with E-state index in [0.29, 0.717) is 43.4 Å². The highest BCUT2D eigenvalue weighted by Crippen LogP contribution is 2.29. The molecule has 1 saturated heterocycles. The number of amides is 2. The van der Waals surface area contributed by atoms with Crippen LogP contribution in [0.5, 0.6) is 0 Å². The maximum absolute atomic E-state index is 12.9. The number of anilines is 1. The van der Waals surface area contributed by atoms with E-state index in [9.17, 15) is 9.59 Å². The summed E-state index contributed by atoms with van der Waals surface area (Å²) in [5, 5.41) is 0.570. The summed E-state index contributed by atoms with van der Waals surface area (Å²) < 4.78 is 5.30. The third-order valence-electron chi connectivity index (χ3n) is 4.98. The van der Waals surface area contributed by atoms with E-state index in [1.165, 1.54) is 0 Å². The van der Waals surface area contributed by atoms with Gasteiger partial charge >= 0.3 is 0 Å². The predicted molar refractivity (Wildman–Crippen MR) is 114 cm³/mol. The fraction of sp³-hybridized carbons (Fsp3) is 0.364. The largest absolute Gasteiger partial charge is 0.378 e. The first-order valence-electron chi connectivity index (χ1n) is 9.62. The quantitative estimate of drug-likeness (QED) is 0.728. The van der Waals surface area contributed by atoms with Crippen LogP contribution >= 0.6 is 11.6 Å². The average Bonchev–Trinajstić information content (AvgIpc) is 2.75. The Hall–Kier alpha value is -2.41. The van der Waals surface area contributed by atoms with Crippen molar-refractivity contribution < 1.29 is 14.3 Å². The molecular weight excluding hydrogens is 390 g/mol. The summed E-state index contributed by atoms with van der Waals surface area (Å²) in [6.07, 6.45) is 0. The molecule has 1 heterocycles. The molecule has 3 rings (SSSR count). The lowest BCUT2D eigenvalue weighted by Crippen LogP contribution is -2.45. The van der Waals surface area contributed by atoms with Crippen molar-refractivity contribution in [1.82, 2.24) is 9.80 Å². The monoisotopic (exact) mass is 415 g/mol. The highest BCUT2D eigenvalue weighted by molar-refractivity contribution is 6.32. The van der Waals surface area contributed by atoms with Gasteiger partial charge in [0.1, 0.15) is 0 Å². The molecule has 2 amide bonds. The molecule has 0 saturated carbocycles. The minimum absolute atomic E-state index is 0.0677. The number of halogens is 1. The molecule has 0 N–H and O–H groups in total. The van der Waals surface area contributed by atoms with Gasteiger partial charge in [-0.1, -0.05) is 35.9 Å². The van der Waals surface area contributed by atoms with Gasteiger partial charge in [0.05, 0.1) is 19.8 Å². The molecular formula is C22H26ClN3O3. The van der Waals surface area contributed by atoms with E-state index in [1.54, 1.807) is 30.1 Å². The average molecular weight is 416 g/mol. The Balaban J connectivity index is 1.74. The Bertz CT molecular complexity index is 854. The Labute approximate surface area is 176 Å². The summed E-state index contributed by atoms with van der Waals surface area (Å²) in [5.74, 6) is -0.0423. The summed E-state index contributed by atoms with van der Waals surface area (Å²) in [5.41, 5.74) is 2.16. The molecule has 2 aromatic rings. The Morgan fingerprint density at radius 1 is 1.03 bits per heavy atom. The summed E-state index contributed by atoms with van der Waals surface area (Å²) in [6, 6.07) is 14.6. The molecule has 0 aliphatic carbocycles. The van der Waals surface area contributed by atoms with Crippen molar-refractivity contribution in [2.24, 2.45) is 0 Å². The number of benzene rings is 2. The molecule has 0 unspecified atom stereocenters. The van der Waals surface area contributed by atoms with E-state index in [2.05, 4.69) is 0 Å². The second-order valence-corrected chi connectivity index (χ2v) is 7.54. The molecule has 7 heteroatoms. The van der Waals surface area contributed by atoms with Crippen molar-refractivity contribution in [1.29, 1.82) is 0 Å². The topological polar surface area (TPSA) is 53.1 Å². The number of rotatable bonds is 6. The first-order valence-corrected chi connectivity index (χ1v) is 9.99. The molecule has 6 nitrogen and oxygen atoms in total. The van der Waals surface area contributed by atoms with Gasteiger partial charge in [-0.3, -0.25) is 14.5 Å². The number of carbonyl (C=O) groups is 2. The molecule has 29 heavy (non-hydrogen) atoms. The summed E-state index contributed by atoms with van der Waals surface area (Å²) in [6.45, 7) is 3.14. The van der Waals surface area contributed by atoms with Crippen LogP contribution in [-0.2, 0) is 16.1 Å². The van der Waals surface area contributed by atoms with Gasteiger partial charge in [-0.05, 0) is 31.3 Å². The van der Waals surface area contributed by atoms with Gasteiger partial charge in [0.25, 0.3) is 5.91 Å². The zero-order valence-electron chi connectivity index (χ0n) is 16.8. The molecule has 0 bridgehead atoms. The predicted octanol–water partition coefficient (Wildman–Crippen LogP) is 2.91. The maximum Gasteiger partial charge on any atom is 0.258 e. The smallest absolute Gasteiger partial charge is 0.258 e. The summed E-state index contributed by atoms with van der Waals surface area (Å²) >= 11 is 6.48. The highest BCUT2D eigenvalue weighted by atomic mass is 35.5. The highest BCUT2D eigenvalue weighted by Gasteiger charge is 2.21. The molecule has 2 aromatic carbocycles. The fourth-order valence-electron chi connectivity index (χ4n) is 3.37. The Morgan fingerprint density at radius 3 is 2.41 bits per heavy atom. The SMILES string of the molecule is CN(CC(=O)N1CCOCC1)Cc1c(Cl)cccc1N(C)C(=O)c1ccccc1. The van der Waals surface area contributed by atoms with Crippen molar-refractivity contribution >= 4 is 29.1 Å². The van der Waals surface area contributed by atoms with E-state index < -0.39 is 0 Å². The van der Waals surface area contributed by atoms with Gasteiger partial charge in [0, 0.05) is 48.5 Å². The van der Waals surface area contributed by atoms with Crippen LogP contribution in [0.3, 0.4) is 0 Å². The van der Waals surface area contributed by atoms with E-state index in [0.717, 1.165) is 11.3 Å². The van der Waals surface area contributed by atoms with E-state index in [4.69, 9.17) is 16.3 Å². The number of carbonyl (C=O) groups excluding carboxylic acids is 2. The number of likely N-dealkylation sites (N-methyl/N-ethyl adjacent to an activating group) is 1. The van der Waals surface area contributed by atoms with Crippen LogP contribution in [0.1, 0.15) is 15.9 Å². The molecule has 1 aliphatic heterocycles. The van der Waals surface area contributed by atoms with Crippen LogP contribution in [0.2, 0.25) is 5.02 Å². The molecule has 154 valence electrons. The second kappa shape index (κ2) is 9.87. The number of ether oxygens (including phenoxy) is 1. The second-order valence-electron chi connectivity index (χ2n) is 7.13. The lowest BCUT2D eigenvalue weighted by atomic mass is 10.1. The number of nitrogens with zero attached hydrogens (tertiary/aromatic N) is 3. The summed E-state index contributed by atoms with van der Waals surface area (Å²) in [7, 11) is 3.62. The maximum atomic E-state index is 12.9. The third-order valence-corrected chi connectivity index (χ3v) is 5.33. The molecule has 0 aromatic heterocycles. The number of hydrogen-bond acceptors (Lipinski definition) is 4. The van der Waals surface area contributed by atoms with Crippen LogP contribution in [0.15, 0.2) is 48.5 Å². The Morgan fingerprint density at radius 2 is 1.72 bits per heavy atom. The van der Waals surface area contributed by atoms with Gasteiger partial charge in [-0.15, -0.1) is 0 Å². The van der Waals surface area contributed by atoms with E-state index in [-0.39, 0.29) is 18.4 Å². The van der Waals surface area contributed by atoms with Crippen LogP contribution in [0.25, 0.3) is 0 Å². The van der Waals surface area contributed by atoms with Gasteiger partial charge in [-0.2, -0.15) is 0 Å². The zero-order chi connectivity index (χ0) is 20.8. The first-order chi connectivity index (χ1) is 14.0. The third kappa shape index (κ3) is 5.35. The lowest BCUT2D eigenvalue weighted by molar-refractivity contribution is -0.136. The van der Waals surface area contributed by atoms with Crippen molar-refractivity contribution in [2.45, 2.75) is 6.54 Å². The first kappa shape index (κ1) is 21.3. The Kier molecular flexibility index (Phi) is 7.25. The van der Waals surface area contributed by atoms with Crippen molar-refractivity contribution in [2.75, 3.05) is 51.8 Å². The van der Waals surface area contributed by atoms with E-state index in [1.807, 2.05) is 47.2 Å². The van der Waals surface area contributed by atoms with Gasteiger partial charge < -0.3 is 14.5 Å². The minimum atomic E-state index is -0.110. The molecule has 1 fully saturated rings. The standard InChI is InChI=1S/C22H26ClN3O3/c1-24(16-21(27)26-11-13-29-14-12-26)15-18-19(23)9-6-10-20(18)25(2)22(28)17-7-4-3-5-8-17/h3-10H,11-16H2,1-2H3. The van der Waals surface area contributed by atoms with E-state index >= 15 is 0 Å². The molecule has 0 atom stereocenters. The van der Waals surface area contributed by atoms with Crippen molar-refractivity contribution in [3.8, 4) is 0 Å². The fourth-order valence-corrected chi connectivity index (χ4v) is 3.60.